The zero-order chi connectivity index (χ0) is 19.1. The molecule has 2 aromatic carbocycles. The lowest BCUT2D eigenvalue weighted by Crippen LogP contribution is -2.32. The first kappa shape index (κ1) is 19.4. The summed E-state index contributed by atoms with van der Waals surface area (Å²) in [5.41, 5.74) is 0.438. The molecule has 144 valence electrons. The quantitative estimate of drug-likeness (QED) is 0.824. The minimum atomic E-state index is -3.55. The molecule has 1 aliphatic heterocycles. The summed E-state index contributed by atoms with van der Waals surface area (Å²) in [5, 5.41) is 2.69. The van der Waals surface area contributed by atoms with E-state index in [1.54, 1.807) is 34.6 Å². The van der Waals surface area contributed by atoms with Crippen molar-refractivity contribution in [2.75, 3.05) is 25.0 Å². The predicted octanol–water partition coefficient (Wildman–Crippen LogP) is 3.27. The highest BCUT2D eigenvalue weighted by molar-refractivity contribution is 7.89. The fourth-order valence-electron chi connectivity index (χ4n) is 3.03. The maximum absolute atomic E-state index is 12.9. The van der Waals surface area contributed by atoms with Crippen molar-refractivity contribution in [1.29, 1.82) is 0 Å². The topological polar surface area (TPSA) is 75.7 Å². The molecule has 27 heavy (non-hydrogen) atoms. The maximum atomic E-state index is 12.9. The van der Waals surface area contributed by atoms with E-state index < -0.39 is 10.0 Å². The van der Waals surface area contributed by atoms with E-state index in [-0.39, 0.29) is 17.4 Å². The minimum Gasteiger partial charge on any atom is -0.484 e. The monoisotopic (exact) mass is 388 g/mol. The average Bonchev–Trinajstić information content (AvgIpc) is 2.97. The van der Waals surface area contributed by atoms with E-state index in [0.717, 1.165) is 25.7 Å². The third-order valence-corrected chi connectivity index (χ3v) is 6.33. The van der Waals surface area contributed by atoms with Gasteiger partial charge in [0.25, 0.3) is 5.91 Å². The van der Waals surface area contributed by atoms with Gasteiger partial charge in [-0.3, -0.25) is 4.79 Å². The normalized spacial score (nSPS) is 15.7. The molecule has 1 amide bonds. The number of nitrogens with one attached hydrogen (secondary N) is 1. The van der Waals surface area contributed by atoms with Gasteiger partial charge in [0, 0.05) is 18.8 Å². The lowest BCUT2D eigenvalue weighted by molar-refractivity contribution is -0.118. The van der Waals surface area contributed by atoms with Gasteiger partial charge in [0.05, 0.1) is 4.90 Å². The standard InChI is InChI=1S/C20H24N2O4S/c23-20(16-26-18-10-4-3-5-11-18)21-17-9-8-12-19(15-17)27(24,25)22-13-6-1-2-7-14-22/h3-5,8-12,15H,1-2,6-7,13-14,16H2,(H,21,23). The Hall–Kier alpha value is -2.38. The van der Waals surface area contributed by atoms with Gasteiger partial charge in [-0.1, -0.05) is 37.1 Å². The van der Waals surface area contributed by atoms with Crippen LogP contribution in [-0.4, -0.2) is 38.3 Å². The van der Waals surface area contributed by atoms with Gasteiger partial charge in [-0.05, 0) is 43.2 Å². The number of carbonyl (C=O) groups excluding carboxylic acids is 1. The van der Waals surface area contributed by atoms with Crippen LogP contribution in [0.2, 0.25) is 0 Å². The number of carbonyl (C=O) groups is 1. The highest BCUT2D eigenvalue weighted by Crippen LogP contribution is 2.22. The SMILES string of the molecule is O=C(COc1ccccc1)Nc1cccc(S(=O)(=O)N2CCCCCC2)c1. The number of ether oxygens (including phenoxy) is 1. The molecule has 0 aliphatic carbocycles. The van der Waals surface area contributed by atoms with Crippen LogP contribution in [-0.2, 0) is 14.8 Å². The first-order valence-electron chi connectivity index (χ1n) is 9.14. The van der Waals surface area contributed by atoms with Crippen molar-refractivity contribution in [1.82, 2.24) is 4.31 Å². The van der Waals surface area contributed by atoms with Gasteiger partial charge in [-0.15, -0.1) is 0 Å². The highest BCUT2D eigenvalue weighted by Gasteiger charge is 2.25. The molecule has 0 aromatic heterocycles. The van der Waals surface area contributed by atoms with Crippen molar-refractivity contribution in [3.05, 3.63) is 54.6 Å². The van der Waals surface area contributed by atoms with E-state index in [1.807, 2.05) is 18.2 Å². The lowest BCUT2D eigenvalue weighted by atomic mass is 10.2. The van der Waals surface area contributed by atoms with Crippen molar-refractivity contribution in [2.45, 2.75) is 30.6 Å². The number of rotatable bonds is 6. The molecular formula is C20H24N2O4S. The Morgan fingerprint density at radius 3 is 2.37 bits per heavy atom. The second-order valence-electron chi connectivity index (χ2n) is 6.50. The highest BCUT2D eigenvalue weighted by atomic mass is 32.2. The maximum Gasteiger partial charge on any atom is 0.262 e. The molecule has 3 rings (SSSR count). The Bertz CT molecular complexity index is 861. The Balaban J connectivity index is 1.65. The predicted molar refractivity (Wildman–Crippen MR) is 104 cm³/mol. The lowest BCUT2D eigenvalue weighted by Gasteiger charge is -2.20. The first-order chi connectivity index (χ1) is 13.1. The molecule has 0 unspecified atom stereocenters. The van der Waals surface area contributed by atoms with E-state index in [4.69, 9.17) is 4.74 Å². The molecule has 1 heterocycles. The molecule has 2 aromatic rings. The van der Waals surface area contributed by atoms with Crippen molar-refractivity contribution in [3.63, 3.8) is 0 Å². The Morgan fingerprint density at radius 2 is 1.67 bits per heavy atom. The average molecular weight is 388 g/mol. The zero-order valence-electron chi connectivity index (χ0n) is 15.1. The molecule has 1 saturated heterocycles. The fraction of sp³-hybridized carbons (Fsp3) is 0.350. The van der Waals surface area contributed by atoms with Gasteiger partial charge in [-0.25, -0.2) is 8.42 Å². The number of amides is 1. The molecule has 1 N–H and O–H groups in total. The molecule has 7 heteroatoms. The molecule has 0 saturated carbocycles. The Kier molecular flexibility index (Phi) is 6.47. The number of hydrogen-bond acceptors (Lipinski definition) is 4. The molecule has 1 fully saturated rings. The molecule has 0 atom stereocenters. The van der Waals surface area contributed by atoms with Gasteiger partial charge in [-0.2, -0.15) is 4.31 Å². The second-order valence-corrected chi connectivity index (χ2v) is 8.43. The van der Waals surface area contributed by atoms with Crippen molar-refractivity contribution >= 4 is 21.6 Å². The van der Waals surface area contributed by atoms with Crippen molar-refractivity contribution in [2.24, 2.45) is 0 Å². The van der Waals surface area contributed by atoms with Gasteiger partial charge in [0.2, 0.25) is 10.0 Å². The smallest absolute Gasteiger partial charge is 0.262 e. The zero-order valence-corrected chi connectivity index (χ0v) is 16.0. The summed E-state index contributed by atoms with van der Waals surface area (Å²) in [7, 11) is -3.55. The Morgan fingerprint density at radius 1 is 0.963 bits per heavy atom. The fourth-order valence-corrected chi connectivity index (χ4v) is 4.59. The minimum absolute atomic E-state index is 0.146. The van der Waals surface area contributed by atoms with Crippen molar-refractivity contribution in [3.8, 4) is 5.75 Å². The number of hydrogen-bond donors (Lipinski definition) is 1. The number of para-hydroxylation sites is 1. The Labute approximate surface area is 160 Å². The van der Waals surface area contributed by atoms with E-state index in [9.17, 15) is 13.2 Å². The number of benzene rings is 2. The van der Waals surface area contributed by atoms with Crippen LogP contribution >= 0.6 is 0 Å². The summed E-state index contributed by atoms with van der Waals surface area (Å²) in [6.07, 6.45) is 3.88. The van der Waals surface area contributed by atoms with E-state index >= 15 is 0 Å². The van der Waals surface area contributed by atoms with Gasteiger partial charge in [0.1, 0.15) is 5.75 Å². The van der Waals surface area contributed by atoms with E-state index in [2.05, 4.69) is 5.32 Å². The molecular weight excluding hydrogens is 364 g/mol. The number of anilines is 1. The summed E-state index contributed by atoms with van der Waals surface area (Å²) >= 11 is 0. The van der Waals surface area contributed by atoms with Crippen LogP contribution in [0.5, 0.6) is 5.75 Å². The third-order valence-electron chi connectivity index (χ3n) is 4.43. The van der Waals surface area contributed by atoms with Crippen LogP contribution in [0, 0.1) is 0 Å². The molecule has 0 radical (unpaired) electrons. The summed E-state index contributed by atoms with van der Waals surface area (Å²) in [6, 6.07) is 15.4. The van der Waals surface area contributed by atoms with Crippen molar-refractivity contribution < 1.29 is 17.9 Å². The van der Waals surface area contributed by atoms with Crippen LogP contribution in [0.3, 0.4) is 0 Å². The van der Waals surface area contributed by atoms with Gasteiger partial charge < -0.3 is 10.1 Å². The molecule has 6 nitrogen and oxygen atoms in total. The summed E-state index contributed by atoms with van der Waals surface area (Å²) in [4.78, 5) is 12.3. The van der Waals surface area contributed by atoms with Crippen LogP contribution in [0.1, 0.15) is 25.7 Å². The number of sulfonamides is 1. The summed E-state index contributed by atoms with van der Waals surface area (Å²) in [6.45, 7) is 0.945. The van der Waals surface area contributed by atoms with Gasteiger partial charge >= 0.3 is 0 Å². The van der Waals surface area contributed by atoms with Crippen LogP contribution in [0.4, 0.5) is 5.69 Å². The summed E-state index contributed by atoms with van der Waals surface area (Å²) in [5.74, 6) is 0.258. The van der Waals surface area contributed by atoms with E-state index in [0.29, 0.717) is 24.5 Å². The second kappa shape index (κ2) is 9.01. The van der Waals surface area contributed by atoms with Crippen LogP contribution < -0.4 is 10.1 Å². The molecule has 0 spiro atoms. The number of nitrogens with zero attached hydrogens (tertiary/aromatic N) is 1. The first-order valence-corrected chi connectivity index (χ1v) is 10.6. The van der Waals surface area contributed by atoms with E-state index in [1.165, 1.54) is 6.07 Å². The van der Waals surface area contributed by atoms with Crippen LogP contribution in [0.15, 0.2) is 59.5 Å². The largest absolute Gasteiger partial charge is 0.484 e. The molecule has 0 bridgehead atoms. The van der Waals surface area contributed by atoms with Gasteiger partial charge in [0.15, 0.2) is 6.61 Å². The molecule has 1 aliphatic rings. The summed E-state index contributed by atoms with van der Waals surface area (Å²) < 4.78 is 32.7. The van der Waals surface area contributed by atoms with Crippen LogP contribution in [0.25, 0.3) is 0 Å². The third kappa shape index (κ3) is 5.30.